The smallest absolute Gasteiger partial charge is 0.0881 e. The van der Waals surface area contributed by atoms with Gasteiger partial charge in [-0.25, -0.2) is 0 Å². The second-order valence-electron chi connectivity index (χ2n) is 2.42. The molecule has 3 N–H and O–H groups in total. The second-order valence-corrected chi connectivity index (χ2v) is 2.42. The van der Waals surface area contributed by atoms with Gasteiger partial charge in [0.15, 0.2) is 0 Å². The Hall–Kier alpha value is -0.0800. The number of hydrogen-bond donors (Lipinski definition) is 2. The SMILES string of the molecule is C[NH2+]C1CCNCC1. The average molecular weight is 115 g/mol. The number of nitrogens with one attached hydrogen (secondary N) is 1. The second kappa shape index (κ2) is 3.05. The molecule has 0 unspecified atom stereocenters. The van der Waals surface area contributed by atoms with Gasteiger partial charge in [-0.3, -0.25) is 0 Å². The first-order chi connectivity index (χ1) is 3.93. The first kappa shape index (κ1) is 6.05. The van der Waals surface area contributed by atoms with Crippen molar-refractivity contribution >= 4 is 0 Å². The fraction of sp³-hybridized carbons (Fsp3) is 1.00. The van der Waals surface area contributed by atoms with Gasteiger partial charge in [0, 0.05) is 25.9 Å². The van der Waals surface area contributed by atoms with Crippen molar-refractivity contribution in [3.63, 3.8) is 0 Å². The molecule has 48 valence electrons. The molecule has 0 aliphatic carbocycles. The molecule has 1 heterocycles. The molecule has 0 aromatic rings. The van der Waals surface area contributed by atoms with Crippen LogP contribution in [0.5, 0.6) is 0 Å². The third kappa shape index (κ3) is 1.46. The quantitative estimate of drug-likeness (QED) is 0.448. The number of quaternary nitrogens is 1. The molecule has 0 aromatic heterocycles. The maximum absolute atomic E-state index is 3.33. The van der Waals surface area contributed by atoms with E-state index in [1.54, 1.807) is 0 Å². The van der Waals surface area contributed by atoms with Crippen molar-refractivity contribution < 1.29 is 5.32 Å². The molecule has 2 heteroatoms. The highest BCUT2D eigenvalue weighted by Crippen LogP contribution is 1.95. The molecular formula is C6H15N2+. The van der Waals surface area contributed by atoms with Gasteiger partial charge < -0.3 is 10.6 Å². The number of rotatable bonds is 1. The lowest BCUT2D eigenvalue weighted by Gasteiger charge is -2.18. The Kier molecular flexibility index (Phi) is 2.30. The van der Waals surface area contributed by atoms with Gasteiger partial charge in [0.25, 0.3) is 0 Å². The lowest BCUT2D eigenvalue weighted by atomic mass is 10.1. The summed E-state index contributed by atoms with van der Waals surface area (Å²) >= 11 is 0. The first-order valence-corrected chi connectivity index (χ1v) is 3.43. The molecule has 2 nitrogen and oxygen atoms in total. The van der Waals surface area contributed by atoms with Gasteiger partial charge in [-0.05, 0) is 0 Å². The Morgan fingerprint density at radius 2 is 2.00 bits per heavy atom. The molecular weight excluding hydrogens is 100 g/mol. The summed E-state index contributed by atoms with van der Waals surface area (Å²) in [7, 11) is 2.16. The van der Waals surface area contributed by atoms with E-state index in [1.165, 1.54) is 25.9 Å². The molecule has 0 amide bonds. The largest absolute Gasteiger partial charge is 0.346 e. The van der Waals surface area contributed by atoms with Crippen molar-refractivity contribution in [2.75, 3.05) is 20.1 Å². The predicted octanol–water partition coefficient (Wildman–Crippen LogP) is -1.07. The van der Waals surface area contributed by atoms with Crippen molar-refractivity contribution in [1.82, 2.24) is 5.32 Å². The van der Waals surface area contributed by atoms with E-state index in [2.05, 4.69) is 17.7 Å². The highest BCUT2D eigenvalue weighted by Gasteiger charge is 2.11. The molecule has 0 aromatic carbocycles. The van der Waals surface area contributed by atoms with E-state index in [1.807, 2.05) is 0 Å². The van der Waals surface area contributed by atoms with Gasteiger partial charge in [-0.1, -0.05) is 0 Å². The van der Waals surface area contributed by atoms with Gasteiger partial charge in [0.2, 0.25) is 0 Å². The minimum atomic E-state index is 0.899. The molecule has 0 saturated carbocycles. The molecule has 0 atom stereocenters. The molecule has 1 rings (SSSR count). The summed E-state index contributed by atoms with van der Waals surface area (Å²) in [6, 6.07) is 0.899. The maximum atomic E-state index is 3.33. The third-order valence-electron chi connectivity index (χ3n) is 1.86. The standard InChI is InChI=1S/C6H14N2/c1-7-6-2-4-8-5-3-6/h6-8H,2-5H2,1H3/p+1. The number of hydrogen-bond acceptors (Lipinski definition) is 1. The molecule has 1 aliphatic heterocycles. The Balaban J connectivity index is 2.13. The average Bonchev–Trinajstić information content (AvgIpc) is 1.90. The van der Waals surface area contributed by atoms with E-state index >= 15 is 0 Å². The van der Waals surface area contributed by atoms with Crippen LogP contribution in [0.4, 0.5) is 0 Å². The predicted molar refractivity (Wildman–Crippen MR) is 33.7 cm³/mol. The van der Waals surface area contributed by atoms with Crippen molar-refractivity contribution in [3.05, 3.63) is 0 Å². The van der Waals surface area contributed by atoms with E-state index in [0.717, 1.165) is 6.04 Å². The molecule has 1 aliphatic rings. The van der Waals surface area contributed by atoms with Gasteiger partial charge in [0.05, 0.1) is 13.1 Å². The van der Waals surface area contributed by atoms with Gasteiger partial charge >= 0.3 is 0 Å². The van der Waals surface area contributed by atoms with Gasteiger partial charge in [-0.15, -0.1) is 0 Å². The lowest BCUT2D eigenvalue weighted by molar-refractivity contribution is -0.665. The lowest BCUT2D eigenvalue weighted by Crippen LogP contribution is -2.87. The Labute approximate surface area is 50.7 Å². The zero-order chi connectivity index (χ0) is 5.82. The molecule has 0 radical (unpaired) electrons. The molecule has 0 bridgehead atoms. The van der Waals surface area contributed by atoms with Crippen LogP contribution in [0.2, 0.25) is 0 Å². The molecule has 1 saturated heterocycles. The normalized spacial score (nSPS) is 23.6. The van der Waals surface area contributed by atoms with Crippen LogP contribution in [0.3, 0.4) is 0 Å². The van der Waals surface area contributed by atoms with Crippen LogP contribution in [-0.2, 0) is 0 Å². The van der Waals surface area contributed by atoms with Gasteiger partial charge in [0.1, 0.15) is 0 Å². The van der Waals surface area contributed by atoms with Crippen LogP contribution in [0.1, 0.15) is 12.8 Å². The van der Waals surface area contributed by atoms with Crippen LogP contribution < -0.4 is 10.6 Å². The summed E-state index contributed by atoms with van der Waals surface area (Å²) in [5.41, 5.74) is 0. The number of piperidine rings is 1. The Morgan fingerprint density at radius 1 is 1.38 bits per heavy atom. The summed E-state index contributed by atoms with van der Waals surface area (Å²) < 4.78 is 0. The van der Waals surface area contributed by atoms with E-state index in [-0.39, 0.29) is 0 Å². The zero-order valence-electron chi connectivity index (χ0n) is 5.48. The van der Waals surface area contributed by atoms with Gasteiger partial charge in [-0.2, -0.15) is 0 Å². The summed E-state index contributed by atoms with van der Waals surface area (Å²) in [6.45, 7) is 2.43. The topological polar surface area (TPSA) is 28.6 Å². The van der Waals surface area contributed by atoms with Crippen LogP contribution in [0.15, 0.2) is 0 Å². The maximum Gasteiger partial charge on any atom is 0.0881 e. The Morgan fingerprint density at radius 3 is 2.38 bits per heavy atom. The van der Waals surface area contributed by atoms with Crippen molar-refractivity contribution in [1.29, 1.82) is 0 Å². The number of nitrogens with two attached hydrogens (primary N) is 1. The minimum Gasteiger partial charge on any atom is -0.346 e. The summed E-state index contributed by atoms with van der Waals surface area (Å²) in [5.74, 6) is 0. The van der Waals surface area contributed by atoms with Crippen LogP contribution >= 0.6 is 0 Å². The molecule has 8 heavy (non-hydrogen) atoms. The van der Waals surface area contributed by atoms with Crippen LogP contribution in [-0.4, -0.2) is 26.2 Å². The highest BCUT2D eigenvalue weighted by atomic mass is 14.9. The zero-order valence-corrected chi connectivity index (χ0v) is 5.48. The van der Waals surface area contributed by atoms with Crippen molar-refractivity contribution in [2.45, 2.75) is 18.9 Å². The van der Waals surface area contributed by atoms with Crippen LogP contribution in [0.25, 0.3) is 0 Å². The minimum absolute atomic E-state index is 0.899. The Bertz CT molecular complexity index is 57.5. The molecule has 0 spiro atoms. The molecule has 1 fully saturated rings. The van der Waals surface area contributed by atoms with E-state index in [9.17, 15) is 0 Å². The summed E-state index contributed by atoms with van der Waals surface area (Å²) in [5, 5.41) is 5.65. The fourth-order valence-corrected chi connectivity index (χ4v) is 1.18. The summed E-state index contributed by atoms with van der Waals surface area (Å²) in [4.78, 5) is 0. The van der Waals surface area contributed by atoms with E-state index < -0.39 is 0 Å². The van der Waals surface area contributed by atoms with Crippen molar-refractivity contribution in [3.8, 4) is 0 Å². The monoisotopic (exact) mass is 115 g/mol. The van der Waals surface area contributed by atoms with E-state index in [0.29, 0.717) is 0 Å². The fourth-order valence-electron chi connectivity index (χ4n) is 1.18. The van der Waals surface area contributed by atoms with E-state index in [4.69, 9.17) is 0 Å². The highest BCUT2D eigenvalue weighted by molar-refractivity contribution is 4.64. The van der Waals surface area contributed by atoms with Crippen LogP contribution in [0, 0.1) is 0 Å². The third-order valence-corrected chi connectivity index (χ3v) is 1.86. The van der Waals surface area contributed by atoms with Crippen molar-refractivity contribution in [2.24, 2.45) is 0 Å². The summed E-state index contributed by atoms with van der Waals surface area (Å²) in [6.07, 6.45) is 2.69. The first-order valence-electron chi connectivity index (χ1n) is 3.43.